The maximum absolute atomic E-state index is 11.2. The van der Waals surface area contributed by atoms with Gasteiger partial charge in [-0.3, -0.25) is 9.97 Å². The van der Waals surface area contributed by atoms with Crippen molar-refractivity contribution < 1.29 is 24.2 Å². The Morgan fingerprint density at radius 2 is 2.26 bits per heavy atom. The van der Waals surface area contributed by atoms with Crippen LogP contribution in [-0.2, 0) is 20.9 Å². The summed E-state index contributed by atoms with van der Waals surface area (Å²) in [6.45, 7) is 1.09. The van der Waals surface area contributed by atoms with Crippen LogP contribution >= 0.6 is 0 Å². The Labute approximate surface area is 156 Å². The van der Waals surface area contributed by atoms with Crippen molar-refractivity contribution in [3.8, 4) is 0 Å². The number of nitrogens with zero attached hydrogens (tertiary/aromatic N) is 3. The SMILES string of the molecule is O=C(O)c1ccnc(/C(COCc2cccnc2)=N/OC2CCCCO2)c1. The van der Waals surface area contributed by atoms with E-state index in [0.29, 0.717) is 24.6 Å². The summed E-state index contributed by atoms with van der Waals surface area (Å²) in [6, 6.07) is 6.60. The number of ether oxygens (including phenoxy) is 2. The molecule has 1 aliphatic rings. The lowest BCUT2D eigenvalue weighted by Crippen LogP contribution is -2.22. The first-order valence-corrected chi connectivity index (χ1v) is 8.73. The Morgan fingerprint density at radius 3 is 3.00 bits per heavy atom. The van der Waals surface area contributed by atoms with E-state index in [4.69, 9.17) is 14.3 Å². The monoisotopic (exact) mass is 371 g/mol. The van der Waals surface area contributed by atoms with Crippen molar-refractivity contribution in [2.75, 3.05) is 13.2 Å². The zero-order valence-electron chi connectivity index (χ0n) is 14.8. The Bertz CT molecular complexity index is 776. The molecule has 0 bridgehead atoms. The second-order valence-corrected chi connectivity index (χ2v) is 6.03. The third-order valence-corrected chi connectivity index (χ3v) is 3.95. The van der Waals surface area contributed by atoms with E-state index in [9.17, 15) is 9.90 Å². The summed E-state index contributed by atoms with van der Waals surface area (Å²) < 4.78 is 11.2. The van der Waals surface area contributed by atoms with Gasteiger partial charge in [-0.25, -0.2) is 4.79 Å². The van der Waals surface area contributed by atoms with Gasteiger partial charge in [-0.05, 0) is 36.6 Å². The first-order chi connectivity index (χ1) is 13.2. The fourth-order valence-electron chi connectivity index (χ4n) is 2.53. The second kappa shape index (κ2) is 9.75. The van der Waals surface area contributed by atoms with Crippen molar-refractivity contribution >= 4 is 11.7 Å². The number of hydrogen-bond acceptors (Lipinski definition) is 7. The highest BCUT2D eigenvalue weighted by Gasteiger charge is 2.16. The number of carboxylic acids is 1. The van der Waals surface area contributed by atoms with Gasteiger partial charge >= 0.3 is 5.97 Å². The average Bonchev–Trinajstić information content (AvgIpc) is 2.72. The largest absolute Gasteiger partial charge is 0.478 e. The molecule has 142 valence electrons. The molecule has 0 radical (unpaired) electrons. The lowest BCUT2D eigenvalue weighted by molar-refractivity contribution is -0.162. The molecule has 2 aromatic heterocycles. The van der Waals surface area contributed by atoms with E-state index < -0.39 is 12.3 Å². The van der Waals surface area contributed by atoms with E-state index in [1.165, 1.54) is 18.3 Å². The Hall–Kier alpha value is -2.84. The number of aromatic nitrogens is 2. The number of carbonyl (C=O) groups is 1. The van der Waals surface area contributed by atoms with Crippen LogP contribution in [-0.4, -0.2) is 46.3 Å². The van der Waals surface area contributed by atoms with Gasteiger partial charge in [0.05, 0.1) is 31.1 Å². The second-order valence-electron chi connectivity index (χ2n) is 6.03. The van der Waals surface area contributed by atoms with Crippen LogP contribution in [0.5, 0.6) is 0 Å². The lowest BCUT2D eigenvalue weighted by Gasteiger charge is -2.20. The highest BCUT2D eigenvalue weighted by molar-refractivity contribution is 6.01. The Morgan fingerprint density at radius 1 is 1.33 bits per heavy atom. The molecular weight excluding hydrogens is 350 g/mol. The molecular formula is C19H21N3O5. The molecule has 1 aliphatic heterocycles. The molecule has 27 heavy (non-hydrogen) atoms. The van der Waals surface area contributed by atoms with E-state index in [1.807, 2.05) is 12.1 Å². The third-order valence-electron chi connectivity index (χ3n) is 3.95. The molecule has 8 heteroatoms. The van der Waals surface area contributed by atoms with Crippen LogP contribution in [0.2, 0.25) is 0 Å². The standard InChI is InChI=1S/C19H21N3O5/c23-19(24)15-6-8-21-16(10-15)17(22-27-18-5-1-2-9-26-18)13-25-12-14-4-3-7-20-11-14/h3-4,6-8,10-11,18H,1-2,5,9,12-13H2,(H,23,24)/b22-17+. The molecule has 2 aromatic rings. The molecule has 1 unspecified atom stereocenters. The van der Waals surface area contributed by atoms with Gasteiger partial charge in [0.15, 0.2) is 0 Å². The van der Waals surface area contributed by atoms with Gasteiger partial charge in [0, 0.05) is 25.0 Å². The Balaban J connectivity index is 1.71. The van der Waals surface area contributed by atoms with Crippen molar-refractivity contribution in [1.82, 2.24) is 9.97 Å². The summed E-state index contributed by atoms with van der Waals surface area (Å²) in [4.78, 5) is 25.0. The van der Waals surface area contributed by atoms with Crippen LogP contribution in [0.15, 0.2) is 48.0 Å². The summed E-state index contributed by atoms with van der Waals surface area (Å²) in [5.41, 5.74) is 1.82. The maximum Gasteiger partial charge on any atom is 0.335 e. The number of pyridine rings is 2. The van der Waals surface area contributed by atoms with Gasteiger partial charge in [0.1, 0.15) is 5.71 Å². The molecule has 0 amide bonds. The van der Waals surface area contributed by atoms with E-state index >= 15 is 0 Å². The van der Waals surface area contributed by atoms with E-state index in [-0.39, 0.29) is 12.2 Å². The molecule has 3 rings (SSSR count). The summed E-state index contributed by atoms with van der Waals surface area (Å²) in [7, 11) is 0. The summed E-state index contributed by atoms with van der Waals surface area (Å²) in [6.07, 6.45) is 7.20. The highest BCUT2D eigenvalue weighted by Crippen LogP contribution is 2.15. The van der Waals surface area contributed by atoms with Crippen molar-refractivity contribution in [2.45, 2.75) is 32.2 Å². The number of oxime groups is 1. The lowest BCUT2D eigenvalue weighted by atomic mass is 10.2. The summed E-state index contributed by atoms with van der Waals surface area (Å²) in [5.74, 6) is -1.04. The van der Waals surface area contributed by atoms with Crippen LogP contribution in [0.1, 0.15) is 40.9 Å². The van der Waals surface area contributed by atoms with Gasteiger partial charge in [-0.2, -0.15) is 0 Å². The molecule has 1 saturated heterocycles. The van der Waals surface area contributed by atoms with Gasteiger partial charge in [0.25, 0.3) is 0 Å². The molecule has 0 saturated carbocycles. The van der Waals surface area contributed by atoms with Crippen LogP contribution in [0, 0.1) is 0 Å². The minimum Gasteiger partial charge on any atom is -0.478 e. The minimum atomic E-state index is -1.04. The summed E-state index contributed by atoms with van der Waals surface area (Å²) >= 11 is 0. The smallest absolute Gasteiger partial charge is 0.335 e. The van der Waals surface area contributed by atoms with E-state index in [2.05, 4.69) is 15.1 Å². The molecule has 0 spiro atoms. The van der Waals surface area contributed by atoms with Crippen LogP contribution < -0.4 is 0 Å². The zero-order valence-corrected chi connectivity index (χ0v) is 14.8. The fraction of sp³-hybridized carbons (Fsp3) is 0.368. The predicted octanol–water partition coefficient (Wildman–Crippen LogP) is 2.64. The van der Waals surface area contributed by atoms with Gasteiger partial charge < -0.3 is 19.4 Å². The minimum absolute atomic E-state index is 0.109. The van der Waals surface area contributed by atoms with E-state index in [0.717, 1.165) is 24.8 Å². The van der Waals surface area contributed by atoms with Crippen molar-refractivity contribution in [3.63, 3.8) is 0 Å². The van der Waals surface area contributed by atoms with Crippen molar-refractivity contribution in [2.24, 2.45) is 5.16 Å². The predicted molar refractivity (Wildman–Crippen MR) is 96.3 cm³/mol. The molecule has 1 N–H and O–H groups in total. The number of rotatable bonds is 8. The number of carboxylic acid groups (broad SMARTS) is 1. The van der Waals surface area contributed by atoms with Gasteiger partial charge in [-0.15, -0.1) is 0 Å². The molecule has 0 aliphatic carbocycles. The van der Waals surface area contributed by atoms with E-state index in [1.54, 1.807) is 12.4 Å². The molecule has 8 nitrogen and oxygen atoms in total. The third kappa shape index (κ3) is 5.83. The van der Waals surface area contributed by atoms with Crippen LogP contribution in [0.3, 0.4) is 0 Å². The normalized spacial score (nSPS) is 17.5. The molecule has 0 aromatic carbocycles. The quantitative estimate of drug-likeness (QED) is 0.562. The topological polar surface area (TPSA) is 103 Å². The first-order valence-electron chi connectivity index (χ1n) is 8.73. The fourth-order valence-corrected chi connectivity index (χ4v) is 2.53. The van der Waals surface area contributed by atoms with Gasteiger partial charge in [0.2, 0.25) is 6.29 Å². The summed E-state index contributed by atoms with van der Waals surface area (Å²) in [5, 5.41) is 13.3. The molecule has 1 fully saturated rings. The van der Waals surface area contributed by atoms with Crippen LogP contribution in [0.25, 0.3) is 0 Å². The molecule has 1 atom stereocenters. The average molecular weight is 371 g/mol. The Kier molecular flexibility index (Phi) is 6.84. The van der Waals surface area contributed by atoms with Gasteiger partial charge in [-0.1, -0.05) is 11.2 Å². The van der Waals surface area contributed by atoms with Crippen LogP contribution in [0.4, 0.5) is 0 Å². The van der Waals surface area contributed by atoms with Crippen molar-refractivity contribution in [3.05, 3.63) is 59.7 Å². The zero-order chi connectivity index (χ0) is 18.9. The number of hydrogen-bond donors (Lipinski definition) is 1. The highest BCUT2D eigenvalue weighted by atomic mass is 16.8. The molecule has 3 heterocycles. The maximum atomic E-state index is 11.2. The first kappa shape index (κ1) is 18.9. The van der Waals surface area contributed by atoms with Crippen molar-refractivity contribution in [1.29, 1.82) is 0 Å². The number of aromatic carboxylic acids is 1.